The second kappa shape index (κ2) is 10.9. The van der Waals surface area contributed by atoms with Crippen LogP contribution in [0, 0.1) is 0 Å². The molecule has 36 heavy (non-hydrogen) atoms. The Balaban J connectivity index is 1.54. The van der Waals surface area contributed by atoms with Crippen LogP contribution in [0.15, 0.2) is 90.2 Å². The molecule has 0 saturated heterocycles. The third kappa shape index (κ3) is 5.60. The summed E-state index contributed by atoms with van der Waals surface area (Å²) in [5.74, 6) is -0.951. The van der Waals surface area contributed by atoms with E-state index in [2.05, 4.69) is 10.4 Å². The fraction of sp³-hybridized carbons (Fsp3) is 0.214. The van der Waals surface area contributed by atoms with Crippen molar-refractivity contribution < 1.29 is 9.59 Å². The van der Waals surface area contributed by atoms with Gasteiger partial charge >= 0.3 is 0 Å². The third-order valence-corrected chi connectivity index (χ3v) is 5.88. The summed E-state index contributed by atoms with van der Waals surface area (Å²) in [6.07, 6.45) is 6.60. The molecule has 2 heterocycles. The summed E-state index contributed by atoms with van der Waals surface area (Å²) < 4.78 is 3.47. The summed E-state index contributed by atoms with van der Waals surface area (Å²) in [6, 6.07) is 18.9. The second-order valence-corrected chi connectivity index (χ2v) is 8.90. The van der Waals surface area contributed by atoms with Crippen LogP contribution in [0.3, 0.4) is 0 Å². The molecule has 2 aromatic heterocycles. The third-order valence-electron chi connectivity index (χ3n) is 5.88. The molecule has 4 aromatic rings. The van der Waals surface area contributed by atoms with Crippen LogP contribution in [0.5, 0.6) is 0 Å². The standard InChI is InChI=1S/C28H29N5O3/c1-20(2)32-18-24(27(35)29-16-21-8-5-4-6-9-21)26(34)25(19-32)28(36)31(3)17-22-10-12-23(13-11-22)33-15-7-14-30-33/h4-15,18-20H,16-17H2,1-3H3,(H,29,35). The van der Waals surface area contributed by atoms with Crippen LogP contribution in [0.25, 0.3) is 5.69 Å². The van der Waals surface area contributed by atoms with Crippen molar-refractivity contribution >= 4 is 11.8 Å². The first-order valence-electron chi connectivity index (χ1n) is 11.8. The van der Waals surface area contributed by atoms with Gasteiger partial charge in [0.15, 0.2) is 0 Å². The molecular formula is C28H29N5O3. The number of benzene rings is 2. The summed E-state index contributed by atoms with van der Waals surface area (Å²) in [5.41, 5.74) is 2.06. The van der Waals surface area contributed by atoms with Gasteiger partial charge in [0, 0.05) is 51.0 Å². The van der Waals surface area contributed by atoms with Crippen LogP contribution < -0.4 is 10.7 Å². The molecule has 0 atom stereocenters. The second-order valence-electron chi connectivity index (χ2n) is 8.90. The van der Waals surface area contributed by atoms with Gasteiger partial charge in [0.2, 0.25) is 5.43 Å². The lowest BCUT2D eigenvalue weighted by atomic mass is 10.1. The Hall–Kier alpha value is -4.46. The van der Waals surface area contributed by atoms with Crippen molar-refractivity contribution in [2.24, 2.45) is 0 Å². The first-order valence-corrected chi connectivity index (χ1v) is 11.8. The Morgan fingerprint density at radius 2 is 1.64 bits per heavy atom. The normalized spacial score (nSPS) is 10.9. The highest BCUT2D eigenvalue weighted by molar-refractivity contribution is 5.99. The summed E-state index contributed by atoms with van der Waals surface area (Å²) in [7, 11) is 1.64. The molecule has 2 amide bonds. The van der Waals surface area contributed by atoms with Crippen LogP contribution in [0.4, 0.5) is 0 Å². The van der Waals surface area contributed by atoms with Crippen LogP contribution in [-0.4, -0.2) is 38.1 Å². The minimum atomic E-state index is -0.580. The number of aromatic nitrogens is 3. The van der Waals surface area contributed by atoms with E-state index in [0.29, 0.717) is 6.54 Å². The molecule has 1 N–H and O–H groups in total. The number of pyridine rings is 1. The molecule has 8 nitrogen and oxygen atoms in total. The minimum absolute atomic E-state index is 0.0354. The number of nitrogens with one attached hydrogen (secondary N) is 1. The Labute approximate surface area is 209 Å². The van der Waals surface area contributed by atoms with Gasteiger partial charge in [0.05, 0.1) is 5.69 Å². The molecule has 2 aromatic carbocycles. The molecule has 0 bridgehead atoms. The number of carbonyl (C=O) groups is 2. The van der Waals surface area contributed by atoms with E-state index >= 15 is 0 Å². The highest BCUT2D eigenvalue weighted by Gasteiger charge is 2.22. The van der Waals surface area contributed by atoms with Crippen molar-refractivity contribution in [3.05, 3.63) is 118 Å². The molecule has 0 radical (unpaired) electrons. The van der Waals surface area contributed by atoms with Gasteiger partial charge in [-0.3, -0.25) is 14.4 Å². The molecule has 0 saturated carbocycles. The van der Waals surface area contributed by atoms with Crippen molar-refractivity contribution in [1.82, 2.24) is 24.6 Å². The van der Waals surface area contributed by atoms with Crippen LogP contribution in [0.1, 0.15) is 51.7 Å². The molecule has 0 fully saturated rings. The molecule has 8 heteroatoms. The number of hydrogen-bond donors (Lipinski definition) is 1. The van der Waals surface area contributed by atoms with E-state index < -0.39 is 17.2 Å². The zero-order valence-corrected chi connectivity index (χ0v) is 20.6. The van der Waals surface area contributed by atoms with Gasteiger partial charge in [-0.2, -0.15) is 5.10 Å². The average molecular weight is 484 g/mol. The number of amides is 2. The summed E-state index contributed by atoms with van der Waals surface area (Å²) in [4.78, 5) is 41.0. The van der Waals surface area contributed by atoms with E-state index in [0.717, 1.165) is 16.8 Å². The Bertz CT molecular complexity index is 1390. The highest BCUT2D eigenvalue weighted by atomic mass is 16.2. The largest absolute Gasteiger partial charge is 0.350 e. The highest BCUT2D eigenvalue weighted by Crippen LogP contribution is 2.13. The van der Waals surface area contributed by atoms with Crippen molar-refractivity contribution in [1.29, 1.82) is 0 Å². The predicted molar refractivity (Wildman–Crippen MR) is 138 cm³/mol. The zero-order chi connectivity index (χ0) is 25.7. The van der Waals surface area contributed by atoms with Crippen LogP contribution in [0.2, 0.25) is 0 Å². The quantitative estimate of drug-likeness (QED) is 0.413. The van der Waals surface area contributed by atoms with Gasteiger partial charge in [-0.1, -0.05) is 42.5 Å². The molecule has 0 spiro atoms. The van der Waals surface area contributed by atoms with Crippen molar-refractivity contribution in [3.8, 4) is 5.69 Å². The van der Waals surface area contributed by atoms with Crippen LogP contribution >= 0.6 is 0 Å². The van der Waals surface area contributed by atoms with Gasteiger partial charge in [0.1, 0.15) is 11.1 Å². The molecule has 184 valence electrons. The number of nitrogens with zero attached hydrogens (tertiary/aromatic N) is 4. The molecule has 0 aliphatic rings. The smallest absolute Gasteiger partial charge is 0.259 e. The van der Waals surface area contributed by atoms with Gasteiger partial charge < -0.3 is 14.8 Å². The monoisotopic (exact) mass is 483 g/mol. The van der Waals surface area contributed by atoms with Crippen LogP contribution in [-0.2, 0) is 13.1 Å². The lowest BCUT2D eigenvalue weighted by Gasteiger charge is -2.20. The maximum Gasteiger partial charge on any atom is 0.259 e. The Morgan fingerprint density at radius 3 is 2.28 bits per heavy atom. The summed E-state index contributed by atoms with van der Waals surface area (Å²) in [6.45, 7) is 4.45. The van der Waals surface area contributed by atoms with E-state index in [1.54, 1.807) is 22.5 Å². The summed E-state index contributed by atoms with van der Waals surface area (Å²) >= 11 is 0. The molecule has 0 unspecified atom stereocenters. The topological polar surface area (TPSA) is 89.2 Å². The number of rotatable bonds is 8. The Kier molecular flexibility index (Phi) is 7.44. The van der Waals surface area contributed by atoms with E-state index in [1.165, 1.54) is 17.3 Å². The van der Waals surface area contributed by atoms with Crippen molar-refractivity contribution in [3.63, 3.8) is 0 Å². The summed E-state index contributed by atoms with van der Waals surface area (Å²) in [5, 5.41) is 7.00. The first kappa shape index (κ1) is 24.7. The first-order chi connectivity index (χ1) is 17.3. The fourth-order valence-corrected chi connectivity index (χ4v) is 3.81. The van der Waals surface area contributed by atoms with E-state index in [4.69, 9.17) is 0 Å². The average Bonchev–Trinajstić information content (AvgIpc) is 3.43. The van der Waals surface area contributed by atoms with E-state index in [1.807, 2.05) is 80.7 Å². The molecular weight excluding hydrogens is 454 g/mol. The number of hydrogen-bond acceptors (Lipinski definition) is 4. The Morgan fingerprint density at radius 1 is 0.944 bits per heavy atom. The van der Waals surface area contributed by atoms with E-state index in [-0.39, 0.29) is 23.7 Å². The van der Waals surface area contributed by atoms with Crippen molar-refractivity contribution in [2.45, 2.75) is 33.0 Å². The SMILES string of the molecule is CC(C)n1cc(C(=O)NCc2ccccc2)c(=O)c(C(=O)N(C)Cc2ccc(-n3cccn3)cc2)c1. The fourth-order valence-electron chi connectivity index (χ4n) is 3.81. The maximum atomic E-state index is 13.3. The zero-order valence-electron chi connectivity index (χ0n) is 20.6. The lowest BCUT2D eigenvalue weighted by Crippen LogP contribution is -2.36. The molecule has 0 aliphatic carbocycles. The van der Waals surface area contributed by atoms with Gasteiger partial charge in [0.25, 0.3) is 11.8 Å². The number of carbonyl (C=O) groups excluding carboxylic acids is 2. The molecule has 4 rings (SSSR count). The van der Waals surface area contributed by atoms with Gasteiger partial charge in [-0.25, -0.2) is 4.68 Å². The van der Waals surface area contributed by atoms with Gasteiger partial charge in [-0.05, 0) is 43.2 Å². The van der Waals surface area contributed by atoms with Crippen molar-refractivity contribution in [2.75, 3.05) is 7.05 Å². The van der Waals surface area contributed by atoms with E-state index in [9.17, 15) is 14.4 Å². The van der Waals surface area contributed by atoms with Gasteiger partial charge in [-0.15, -0.1) is 0 Å². The molecule has 0 aliphatic heterocycles. The maximum absolute atomic E-state index is 13.3. The predicted octanol–water partition coefficient (Wildman–Crippen LogP) is 3.82. The minimum Gasteiger partial charge on any atom is -0.350 e. The lowest BCUT2D eigenvalue weighted by molar-refractivity contribution is 0.0782.